The van der Waals surface area contributed by atoms with E-state index in [2.05, 4.69) is 22.4 Å². The summed E-state index contributed by atoms with van der Waals surface area (Å²) in [6, 6.07) is 0. The van der Waals surface area contributed by atoms with Crippen molar-refractivity contribution in [2.24, 2.45) is 12.9 Å². The van der Waals surface area contributed by atoms with E-state index in [-0.39, 0.29) is 0 Å². The van der Waals surface area contributed by atoms with Crippen LogP contribution in [0.4, 0.5) is 5.82 Å². The quantitative estimate of drug-likeness (QED) is 0.512. The average Bonchev–Trinajstić information content (AvgIpc) is 2.72. The topological polar surface area (TPSA) is 81.7 Å². The van der Waals surface area contributed by atoms with E-state index < -0.39 is 0 Å². The lowest BCUT2D eigenvalue weighted by molar-refractivity contribution is 0.709. The lowest BCUT2D eigenvalue weighted by Gasteiger charge is -2.12. The van der Waals surface area contributed by atoms with Gasteiger partial charge in [0, 0.05) is 24.5 Å². The van der Waals surface area contributed by atoms with E-state index in [4.69, 9.17) is 10.8 Å². The van der Waals surface area contributed by atoms with Crippen molar-refractivity contribution in [3.05, 3.63) is 23.1 Å². The highest BCUT2D eigenvalue weighted by atomic mass is 15.3. The molecule has 6 nitrogen and oxygen atoms in total. The van der Waals surface area contributed by atoms with Crippen LogP contribution in [0.15, 0.2) is 6.20 Å². The van der Waals surface area contributed by atoms with E-state index in [1.54, 1.807) is 0 Å². The Morgan fingerprint density at radius 3 is 2.81 bits per heavy atom. The van der Waals surface area contributed by atoms with E-state index in [9.17, 15) is 0 Å². The van der Waals surface area contributed by atoms with E-state index in [0.717, 1.165) is 47.9 Å². The van der Waals surface area contributed by atoms with Crippen LogP contribution in [-0.4, -0.2) is 19.7 Å². The minimum absolute atomic E-state index is 0.730. The van der Waals surface area contributed by atoms with E-state index in [0.29, 0.717) is 0 Å². The lowest BCUT2D eigenvalue weighted by Crippen LogP contribution is -2.14. The van der Waals surface area contributed by atoms with Crippen molar-refractivity contribution in [2.45, 2.75) is 45.4 Å². The van der Waals surface area contributed by atoms with Gasteiger partial charge in [-0.15, -0.1) is 0 Å². The van der Waals surface area contributed by atoms with E-state index >= 15 is 0 Å². The molecule has 6 heteroatoms. The summed E-state index contributed by atoms with van der Waals surface area (Å²) in [6.45, 7) is 2.09. The molecular formula is C15H22N6. The summed E-state index contributed by atoms with van der Waals surface area (Å²) in [4.78, 5) is 9.45. The summed E-state index contributed by atoms with van der Waals surface area (Å²) >= 11 is 0. The molecule has 1 aliphatic carbocycles. The minimum Gasteiger partial charge on any atom is -0.308 e. The van der Waals surface area contributed by atoms with Gasteiger partial charge in [0.2, 0.25) is 0 Å². The third-order valence-corrected chi connectivity index (χ3v) is 4.05. The zero-order valence-electron chi connectivity index (χ0n) is 12.7. The molecule has 3 N–H and O–H groups in total. The van der Waals surface area contributed by atoms with Crippen LogP contribution in [0.25, 0.3) is 11.4 Å². The number of aryl methyl sites for hydroxylation is 3. The van der Waals surface area contributed by atoms with Gasteiger partial charge < -0.3 is 5.43 Å². The average molecular weight is 286 g/mol. The van der Waals surface area contributed by atoms with E-state index in [1.165, 1.54) is 24.8 Å². The summed E-state index contributed by atoms with van der Waals surface area (Å²) in [5.41, 5.74) is 7.10. The Bertz CT molecular complexity index is 646. The molecule has 2 aromatic heterocycles. The van der Waals surface area contributed by atoms with Crippen molar-refractivity contribution >= 4 is 5.82 Å². The number of aromatic nitrogens is 4. The van der Waals surface area contributed by atoms with Gasteiger partial charge in [-0.2, -0.15) is 5.10 Å². The first-order valence-corrected chi connectivity index (χ1v) is 7.62. The van der Waals surface area contributed by atoms with Crippen molar-refractivity contribution in [3.8, 4) is 11.4 Å². The summed E-state index contributed by atoms with van der Waals surface area (Å²) in [5.74, 6) is 7.18. The van der Waals surface area contributed by atoms with Crippen molar-refractivity contribution in [2.75, 3.05) is 5.43 Å². The smallest absolute Gasteiger partial charge is 0.165 e. The maximum absolute atomic E-state index is 5.69. The highest BCUT2D eigenvalue weighted by molar-refractivity contribution is 5.61. The third-order valence-electron chi connectivity index (χ3n) is 4.05. The molecule has 0 unspecified atom stereocenters. The second-order valence-corrected chi connectivity index (χ2v) is 5.54. The Kier molecular flexibility index (Phi) is 3.88. The number of hydrogen-bond donors (Lipinski definition) is 2. The number of nitrogens with one attached hydrogen (secondary N) is 1. The highest BCUT2D eigenvalue weighted by Crippen LogP contribution is 2.28. The molecule has 2 heterocycles. The number of hydrazine groups is 1. The normalized spacial score (nSPS) is 14.6. The first-order chi connectivity index (χ1) is 10.2. The number of nitrogens with two attached hydrogens (primary N) is 1. The van der Waals surface area contributed by atoms with Crippen LogP contribution in [0.1, 0.15) is 43.1 Å². The Balaban J connectivity index is 2.13. The van der Waals surface area contributed by atoms with Gasteiger partial charge in [0.05, 0.1) is 11.3 Å². The minimum atomic E-state index is 0.730. The summed E-state index contributed by atoms with van der Waals surface area (Å²) in [7, 11) is 1.92. The first-order valence-electron chi connectivity index (χ1n) is 7.62. The molecule has 0 aromatic carbocycles. The monoisotopic (exact) mass is 286 g/mol. The van der Waals surface area contributed by atoms with Crippen molar-refractivity contribution in [1.82, 2.24) is 19.7 Å². The molecule has 0 saturated heterocycles. The molecule has 0 bridgehead atoms. The second-order valence-electron chi connectivity index (χ2n) is 5.54. The van der Waals surface area contributed by atoms with Gasteiger partial charge in [-0.1, -0.05) is 13.3 Å². The molecule has 3 rings (SSSR count). The maximum Gasteiger partial charge on any atom is 0.165 e. The SMILES string of the molecule is CCc1nn(C)cc1-c1nc2c(c(NN)n1)CCCCC2. The van der Waals surface area contributed by atoms with Crippen molar-refractivity contribution in [1.29, 1.82) is 0 Å². The summed E-state index contributed by atoms with van der Waals surface area (Å²) < 4.78 is 1.82. The lowest BCUT2D eigenvalue weighted by atomic mass is 10.1. The number of nitrogen functional groups attached to an aromatic ring is 1. The van der Waals surface area contributed by atoms with Gasteiger partial charge in [-0.25, -0.2) is 15.8 Å². The number of fused-ring (bicyclic) bond motifs is 1. The Morgan fingerprint density at radius 1 is 1.24 bits per heavy atom. The third kappa shape index (κ3) is 2.63. The fourth-order valence-corrected chi connectivity index (χ4v) is 2.99. The fourth-order valence-electron chi connectivity index (χ4n) is 2.99. The highest BCUT2D eigenvalue weighted by Gasteiger charge is 2.19. The molecule has 0 atom stereocenters. The zero-order valence-corrected chi connectivity index (χ0v) is 12.7. The molecule has 0 aliphatic heterocycles. The van der Waals surface area contributed by atoms with E-state index in [1.807, 2.05) is 17.9 Å². The van der Waals surface area contributed by atoms with Crippen LogP contribution >= 0.6 is 0 Å². The van der Waals surface area contributed by atoms with Crippen LogP contribution in [0.2, 0.25) is 0 Å². The van der Waals surface area contributed by atoms with Gasteiger partial charge in [-0.05, 0) is 32.1 Å². The number of anilines is 1. The Hall–Kier alpha value is -1.95. The second kappa shape index (κ2) is 5.81. The summed E-state index contributed by atoms with van der Waals surface area (Å²) in [6.07, 6.45) is 8.45. The largest absolute Gasteiger partial charge is 0.308 e. The van der Waals surface area contributed by atoms with Gasteiger partial charge in [0.1, 0.15) is 5.82 Å². The molecular weight excluding hydrogens is 264 g/mol. The predicted octanol–water partition coefficient (Wildman–Crippen LogP) is 1.99. The molecule has 0 spiro atoms. The maximum atomic E-state index is 5.69. The van der Waals surface area contributed by atoms with Gasteiger partial charge >= 0.3 is 0 Å². The molecule has 0 fully saturated rings. The van der Waals surface area contributed by atoms with Crippen molar-refractivity contribution < 1.29 is 0 Å². The molecule has 0 amide bonds. The van der Waals surface area contributed by atoms with Crippen molar-refractivity contribution in [3.63, 3.8) is 0 Å². The van der Waals surface area contributed by atoms with Crippen LogP contribution in [0, 0.1) is 0 Å². The Labute approximate surface area is 124 Å². The number of nitrogens with zero attached hydrogens (tertiary/aromatic N) is 4. The molecule has 1 aliphatic rings. The van der Waals surface area contributed by atoms with Gasteiger partial charge in [0.25, 0.3) is 0 Å². The Morgan fingerprint density at radius 2 is 2.05 bits per heavy atom. The summed E-state index contributed by atoms with van der Waals surface area (Å²) in [5, 5.41) is 4.48. The molecule has 112 valence electrons. The van der Waals surface area contributed by atoms with Crippen LogP contribution in [0.3, 0.4) is 0 Å². The molecule has 0 radical (unpaired) electrons. The van der Waals surface area contributed by atoms with Gasteiger partial charge in [0.15, 0.2) is 5.82 Å². The number of hydrogen-bond acceptors (Lipinski definition) is 5. The van der Waals surface area contributed by atoms with Crippen LogP contribution < -0.4 is 11.3 Å². The first kappa shape index (κ1) is 14.0. The molecule has 21 heavy (non-hydrogen) atoms. The molecule has 0 saturated carbocycles. The van der Waals surface area contributed by atoms with Crippen LogP contribution in [0.5, 0.6) is 0 Å². The fraction of sp³-hybridized carbons (Fsp3) is 0.533. The molecule has 2 aromatic rings. The predicted molar refractivity (Wildman–Crippen MR) is 82.7 cm³/mol. The van der Waals surface area contributed by atoms with Crippen LogP contribution in [-0.2, 0) is 26.3 Å². The van der Waals surface area contributed by atoms with Gasteiger partial charge in [-0.3, -0.25) is 4.68 Å². The number of rotatable bonds is 3. The zero-order chi connectivity index (χ0) is 14.8. The standard InChI is InChI=1S/C15H22N6/c1-3-12-11(9-21(2)20-12)14-17-13-8-6-4-5-7-10(13)15(18-14)19-16/h9H,3-8,16H2,1-2H3,(H,17,18,19).